The second-order valence-electron chi connectivity index (χ2n) is 3.06. The Morgan fingerprint density at radius 2 is 2.00 bits per heavy atom. The van der Waals surface area contributed by atoms with E-state index in [2.05, 4.69) is 0 Å². The molecule has 7 heteroatoms. The van der Waals surface area contributed by atoms with Gasteiger partial charge < -0.3 is 10.8 Å². The monoisotopic (exact) mass is 253 g/mol. The highest BCUT2D eigenvalue weighted by molar-refractivity contribution is 6.31. The van der Waals surface area contributed by atoms with Crippen LogP contribution in [0.5, 0.6) is 0 Å². The van der Waals surface area contributed by atoms with Crippen LogP contribution in [-0.4, -0.2) is 17.3 Å². The SMILES string of the molecule is N[C@@H](c1cc(C(=O)O)ccc1Cl)C(F)(F)F. The van der Waals surface area contributed by atoms with Crippen LogP contribution >= 0.6 is 11.6 Å². The van der Waals surface area contributed by atoms with Gasteiger partial charge in [0.15, 0.2) is 0 Å². The van der Waals surface area contributed by atoms with E-state index >= 15 is 0 Å². The molecule has 0 aromatic heterocycles. The molecular weight excluding hydrogens is 247 g/mol. The Balaban J connectivity index is 3.22. The number of carboxylic acid groups (broad SMARTS) is 1. The first-order valence-corrected chi connectivity index (χ1v) is 4.46. The molecule has 0 heterocycles. The highest BCUT2D eigenvalue weighted by atomic mass is 35.5. The molecule has 1 aromatic carbocycles. The fourth-order valence-corrected chi connectivity index (χ4v) is 1.33. The van der Waals surface area contributed by atoms with Crippen molar-refractivity contribution in [1.82, 2.24) is 0 Å². The van der Waals surface area contributed by atoms with E-state index in [1.54, 1.807) is 0 Å². The number of hydrogen-bond donors (Lipinski definition) is 2. The number of benzene rings is 1. The Bertz CT molecular complexity index is 420. The van der Waals surface area contributed by atoms with E-state index in [4.69, 9.17) is 22.4 Å². The van der Waals surface area contributed by atoms with Crippen molar-refractivity contribution >= 4 is 17.6 Å². The number of hydrogen-bond acceptors (Lipinski definition) is 2. The minimum atomic E-state index is -4.67. The normalized spacial score (nSPS) is 13.6. The van der Waals surface area contributed by atoms with Crippen LogP contribution in [0.25, 0.3) is 0 Å². The summed E-state index contributed by atoms with van der Waals surface area (Å²) in [4.78, 5) is 10.6. The smallest absolute Gasteiger partial charge is 0.407 e. The molecule has 88 valence electrons. The lowest BCUT2D eigenvalue weighted by molar-refractivity contribution is -0.149. The average Bonchev–Trinajstić information content (AvgIpc) is 2.15. The molecule has 0 saturated carbocycles. The number of alkyl halides is 3. The van der Waals surface area contributed by atoms with Crippen molar-refractivity contribution in [2.45, 2.75) is 12.2 Å². The lowest BCUT2D eigenvalue weighted by Gasteiger charge is -2.17. The van der Waals surface area contributed by atoms with Crippen molar-refractivity contribution in [3.63, 3.8) is 0 Å². The van der Waals surface area contributed by atoms with Crippen LogP contribution in [0.15, 0.2) is 18.2 Å². The van der Waals surface area contributed by atoms with Gasteiger partial charge in [0, 0.05) is 5.02 Å². The summed E-state index contributed by atoms with van der Waals surface area (Å²) in [6, 6.07) is 0.714. The third kappa shape index (κ3) is 2.65. The van der Waals surface area contributed by atoms with E-state index in [0.29, 0.717) is 0 Å². The van der Waals surface area contributed by atoms with E-state index in [0.717, 1.165) is 18.2 Å². The minimum absolute atomic E-state index is 0.213. The second kappa shape index (κ2) is 4.31. The van der Waals surface area contributed by atoms with Gasteiger partial charge in [0.05, 0.1) is 5.56 Å². The molecule has 1 rings (SSSR count). The third-order valence-electron chi connectivity index (χ3n) is 1.93. The molecule has 0 radical (unpaired) electrons. The molecular formula is C9H7ClF3NO2. The van der Waals surface area contributed by atoms with Crippen molar-refractivity contribution in [2.24, 2.45) is 5.73 Å². The summed E-state index contributed by atoms with van der Waals surface area (Å²) in [5.74, 6) is -1.34. The molecule has 1 atom stereocenters. The maximum Gasteiger partial charge on any atom is 0.407 e. The largest absolute Gasteiger partial charge is 0.478 e. The Kier molecular flexibility index (Phi) is 3.44. The molecule has 0 unspecified atom stereocenters. The zero-order valence-corrected chi connectivity index (χ0v) is 8.51. The van der Waals surface area contributed by atoms with Gasteiger partial charge in [-0.05, 0) is 23.8 Å². The molecule has 1 aromatic rings. The van der Waals surface area contributed by atoms with Gasteiger partial charge in [-0.3, -0.25) is 0 Å². The summed E-state index contributed by atoms with van der Waals surface area (Å²) in [7, 11) is 0. The Hall–Kier alpha value is -1.27. The highest BCUT2D eigenvalue weighted by Gasteiger charge is 2.39. The molecule has 16 heavy (non-hydrogen) atoms. The highest BCUT2D eigenvalue weighted by Crippen LogP contribution is 2.34. The van der Waals surface area contributed by atoms with Gasteiger partial charge >= 0.3 is 12.1 Å². The summed E-state index contributed by atoms with van der Waals surface area (Å²) in [5.41, 5.74) is 4.20. The van der Waals surface area contributed by atoms with Crippen molar-refractivity contribution in [3.8, 4) is 0 Å². The summed E-state index contributed by atoms with van der Waals surface area (Å²) >= 11 is 5.53. The molecule has 3 N–H and O–H groups in total. The first-order valence-electron chi connectivity index (χ1n) is 4.08. The van der Waals surface area contributed by atoms with Gasteiger partial charge in [0.1, 0.15) is 6.04 Å². The zero-order chi connectivity index (χ0) is 12.5. The molecule has 0 aliphatic rings. The fraction of sp³-hybridized carbons (Fsp3) is 0.222. The average molecular weight is 254 g/mol. The standard InChI is InChI=1S/C9H7ClF3NO2/c10-6-2-1-4(8(15)16)3-5(6)7(14)9(11,12)13/h1-3,7H,14H2,(H,15,16)/t7-/m0/s1. The first-order chi connectivity index (χ1) is 7.23. The van der Waals surface area contributed by atoms with E-state index in [9.17, 15) is 18.0 Å². The summed E-state index contributed by atoms with van der Waals surface area (Å²) < 4.78 is 36.9. The number of carboxylic acids is 1. The zero-order valence-electron chi connectivity index (χ0n) is 7.75. The van der Waals surface area contributed by atoms with Gasteiger partial charge in [0.25, 0.3) is 0 Å². The Morgan fingerprint density at radius 3 is 2.44 bits per heavy atom. The maximum absolute atomic E-state index is 12.3. The second-order valence-corrected chi connectivity index (χ2v) is 3.47. The van der Waals surface area contributed by atoms with Crippen LogP contribution in [0.1, 0.15) is 22.0 Å². The molecule has 0 spiro atoms. The molecule has 0 aliphatic carbocycles. The van der Waals surface area contributed by atoms with Gasteiger partial charge in [0.2, 0.25) is 0 Å². The van der Waals surface area contributed by atoms with Gasteiger partial charge in [-0.2, -0.15) is 13.2 Å². The lowest BCUT2D eigenvalue weighted by Crippen LogP contribution is -2.28. The third-order valence-corrected chi connectivity index (χ3v) is 2.27. The quantitative estimate of drug-likeness (QED) is 0.851. The maximum atomic E-state index is 12.3. The van der Waals surface area contributed by atoms with E-state index in [1.807, 2.05) is 0 Å². The summed E-state index contributed by atoms with van der Waals surface area (Å²) in [6.07, 6.45) is -4.67. The molecule has 0 aliphatic heterocycles. The number of aromatic carboxylic acids is 1. The summed E-state index contributed by atoms with van der Waals surface area (Å²) in [6.45, 7) is 0. The molecule has 0 fully saturated rings. The number of carbonyl (C=O) groups is 1. The summed E-state index contributed by atoms with van der Waals surface area (Å²) in [5, 5.41) is 8.41. The van der Waals surface area contributed by atoms with Crippen LogP contribution < -0.4 is 5.73 Å². The fourth-order valence-electron chi connectivity index (χ4n) is 1.09. The molecule has 0 amide bonds. The van der Waals surface area contributed by atoms with Crippen molar-refractivity contribution in [2.75, 3.05) is 0 Å². The van der Waals surface area contributed by atoms with Crippen molar-refractivity contribution in [1.29, 1.82) is 0 Å². The van der Waals surface area contributed by atoms with Crippen LogP contribution in [0.3, 0.4) is 0 Å². The molecule has 0 saturated heterocycles. The Labute approximate surface area is 93.6 Å². The lowest BCUT2D eigenvalue weighted by atomic mass is 10.0. The predicted octanol–water partition coefficient (Wildman–Crippen LogP) is 2.60. The number of rotatable bonds is 2. The van der Waals surface area contributed by atoms with Crippen LogP contribution in [-0.2, 0) is 0 Å². The topological polar surface area (TPSA) is 63.3 Å². The van der Waals surface area contributed by atoms with E-state index in [-0.39, 0.29) is 10.6 Å². The predicted molar refractivity (Wildman–Crippen MR) is 51.4 cm³/mol. The van der Waals surface area contributed by atoms with Crippen LogP contribution in [0, 0.1) is 0 Å². The molecule has 3 nitrogen and oxygen atoms in total. The van der Waals surface area contributed by atoms with Gasteiger partial charge in [-0.1, -0.05) is 11.6 Å². The minimum Gasteiger partial charge on any atom is -0.478 e. The number of halogens is 4. The van der Waals surface area contributed by atoms with Crippen molar-refractivity contribution in [3.05, 3.63) is 34.3 Å². The Morgan fingerprint density at radius 1 is 1.44 bits per heavy atom. The van der Waals surface area contributed by atoms with Crippen molar-refractivity contribution < 1.29 is 23.1 Å². The number of nitrogens with two attached hydrogens (primary N) is 1. The van der Waals surface area contributed by atoms with Crippen LogP contribution in [0.4, 0.5) is 13.2 Å². The first kappa shape index (κ1) is 12.8. The van der Waals surface area contributed by atoms with Crippen LogP contribution in [0.2, 0.25) is 5.02 Å². The molecule has 0 bridgehead atoms. The van der Waals surface area contributed by atoms with Gasteiger partial charge in [-0.15, -0.1) is 0 Å². The van der Waals surface area contributed by atoms with E-state index < -0.39 is 23.8 Å². The van der Waals surface area contributed by atoms with Gasteiger partial charge in [-0.25, -0.2) is 4.79 Å². The van der Waals surface area contributed by atoms with E-state index in [1.165, 1.54) is 0 Å².